The van der Waals surface area contributed by atoms with Crippen molar-refractivity contribution in [3.63, 3.8) is 0 Å². The summed E-state index contributed by atoms with van der Waals surface area (Å²) < 4.78 is 13.1. The second kappa shape index (κ2) is 5.05. The van der Waals surface area contributed by atoms with Crippen LogP contribution in [0.4, 0.5) is 10.1 Å². The van der Waals surface area contributed by atoms with Crippen LogP contribution in [0.1, 0.15) is 25.7 Å². The van der Waals surface area contributed by atoms with E-state index in [2.05, 4.69) is 0 Å². The van der Waals surface area contributed by atoms with Crippen LogP contribution in [0.15, 0.2) is 24.3 Å². The van der Waals surface area contributed by atoms with Gasteiger partial charge in [0.05, 0.1) is 6.61 Å². The largest absolute Gasteiger partial charge is 0.396 e. The minimum atomic E-state index is -0.209. The number of benzene rings is 1. The Hall–Kier alpha value is -1.09. The molecule has 17 heavy (non-hydrogen) atoms. The van der Waals surface area contributed by atoms with Gasteiger partial charge in [-0.05, 0) is 31.0 Å². The van der Waals surface area contributed by atoms with E-state index in [1.165, 1.54) is 18.9 Å². The van der Waals surface area contributed by atoms with Crippen LogP contribution in [-0.2, 0) is 0 Å². The van der Waals surface area contributed by atoms with Crippen LogP contribution < -0.4 is 4.90 Å². The molecule has 0 saturated heterocycles. The number of halogens is 1. The summed E-state index contributed by atoms with van der Waals surface area (Å²) in [5.41, 5.74) is 0.894. The molecule has 0 bridgehead atoms. The number of anilines is 1. The van der Waals surface area contributed by atoms with Crippen molar-refractivity contribution in [1.82, 2.24) is 0 Å². The van der Waals surface area contributed by atoms with E-state index in [9.17, 15) is 9.50 Å². The van der Waals surface area contributed by atoms with Gasteiger partial charge in [0.2, 0.25) is 0 Å². The maximum Gasteiger partial charge on any atom is 0.125 e. The molecule has 1 N–H and O–H groups in total. The molecule has 0 amide bonds. The summed E-state index contributed by atoms with van der Waals surface area (Å²) >= 11 is 0. The molecule has 1 aromatic carbocycles. The quantitative estimate of drug-likeness (QED) is 0.870. The van der Waals surface area contributed by atoms with Crippen molar-refractivity contribution >= 4 is 5.69 Å². The molecule has 2 nitrogen and oxygen atoms in total. The molecule has 0 radical (unpaired) electrons. The smallest absolute Gasteiger partial charge is 0.125 e. The molecule has 0 aliphatic heterocycles. The van der Waals surface area contributed by atoms with E-state index < -0.39 is 0 Å². The lowest BCUT2D eigenvalue weighted by atomic mass is 9.86. The van der Waals surface area contributed by atoms with E-state index in [0.717, 1.165) is 25.1 Å². The Balaban J connectivity index is 2.07. The third-order valence-corrected chi connectivity index (χ3v) is 3.82. The van der Waals surface area contributed by atoms with E-state index in [4.69, 9.17) is 0 Å². The fraction of sp³-hybridized carbons (Fsp3) is 0.571. The zero-order chi connectivity index (χ0) is 12.3. The normalized spacial score (nSPS) is 18.3. The van der Waals surface area contributed by atoms with Crippen LogP contribution in [0.2, 0.25) is 0 Å². The van der Waals surface area contributed by atoms with Gasteiger partial charge in [0.15, 0.2) is 0 Å². The lowest BCUT2D eigenvalue weighted by Gasteiger charge is -2.33. The van der Waals surface area contributed by atoms with Crippen LogP contribution >= 0.6 is 0 Å². The predicted octanol–water partition coefficient (Wildman–Crippen LogP) is 2.81. The molecular weight excluding hydrogens is 217 g/mol. The minimum absolute atomic E-state index is 0.0149. The second-order valence-corrected chi connectivity index (χ2v) is 5.20. The highest BCUT2D eigenvalue weighted by molar-refractivity contribution is 5.45. The Labute approximate surface area is 102 Å². The highest BCUT2D eigenvalue weighted by Gasteiger charge is 2.34. The molecule has 1 aromatic rings. The number of aliphatic hydroxyl groups excluding tert-OH is 1. The van der Waals surface area contributed by atoms with E-state index in [1.54, 1.807) is 12.1 Å². The van der Waals surface area contributed by atoms with Gasteiger partial charge >= 0.3 is 0 Å². The molecule has 94 valence electrons. The van der Waals surface area contributed by atoms with Crippen molar-refractivity contribution < 1.29 is 9.50 Å². The molecule has 1 saturated carbocycles. The van der Waals surface area contributed by atoms with Crippen LogP contribution in [0.3, 0.4) is 0 Å². The van der Waals surface area contributed by atoms with E-state index in [-0.39, 0.29) is 17.8 Å². The van der Waals surface area contributed by atoms with Crippen LogP contribution in [-0.4, -0.2) is 25.3 Å². The van der Waals surface area contributed by atoms with Gasteiger partial charge in [0, 0.05) is 24.7 Å². The Kier molecular flexibility index (Phi) is 3.67. The monoisotopic (exact) mass is 237 g/mol. The Bertz CT molecular complexity index is 374. The molecule has 2 rings (SSSR count). The number of hydrogen-bond acceptors (Lipinski definition) is 2. The lowest BCUT2D eigenvalue weighted by Crippen LogP contribution is -2.36. The Morgan fingerprint density at radius 3 is 2.65 bits per heavy atom. The summed E-state index contributed by atoms with van der Waals surface area (Å²) in [5.74, 6) is -0.209. The van der Waals surface area contributed by atoms with Gasteiger partial charge in [-0.15, -0.1) is 0 Å². The van der Waals surface area contributed by atoms with Crippen molar-refractivity contribution in [3.05, 3.63) is 30.1 Å². The van der Waals surface area contributed by atoms with Gasteiger partial charge in [0.25, 0.3) is 0 Å². The number of hydrogen-bond donors (Lipinski definition) is 1. The van der Waals surface area contributed by atoms with Crippen LogP contribution in [0.5, 0.6) is 0 Å². The average Bonchev–Trinajstić information content (AvgIpc) is 2.78. The molecule has 0 spiro atoms. The SMILES string of the molecule is CN(CC1(CO)CCCC1)c1cccc(F)c1. The predicted molar refractivity (Wildman–Crippen MR) is 67.7 cm³/mol. The number of nitrogens with zero attached hydrogens (tertiary/aromatic N) is 1. The highest BCUT2D eigenvalue weighted by Crippen LogP contribution is 2.38. The third kappa shape index (κ3) is 2.78. The van der Waals surface area contributed by atoms with Gasteiger partial charge in [-0.2, -0.15) is 0 Å². The summed E-state index contributed by atoms with van der Waals surface area (Å²) in [6.45, 7) is 1.03. The Morgan fingerprint density at radius 1 is 1.35 bits per heavy atom. The zero-order valence-corrected chi connectivity index (χ0v) is 10.3. The molecule has 1 aliphatic carbocycles. The van der Waals surface area contributed by atoms with E-state index >= 15 is 0 Å². The summed E-state index contributed by atoms with van der Waals surface area (Å²) in [4.78, 5) is 2.05. The van der Waals surface area contributed by atoms with Crippen molar-refractivity contribution in [2.75, 3.05) is 25.1 Å². The van der Waals surface area contributed by atoms with Crippen molar-refractivity contribution in [2.24, 2.45) is 5.41 Å². The molecule has 0 aromatic heterocycles. The Morgan fingerprint density at radius 2 is 2.06 bits per heavy atom. The third-order valence-electron chi connectivity index (χ3n) is 3.82. The first-order valence-electron chi connectivity index (χ1n) is 6.23. The topological polar surface area (TPSA) is 23.5 Å². The standard InChI is InChI=1S/C14H20FNO/c1-16(13-6-4-5-12(15)9-13)10-14(11-17)7-2-3-8-14/h4-6,9,17H,2-3,7-8,10-11H2,1H3. The van der Waals surface area contributed by atoms with Gasteiger partial charge in [-0.25, -0.2) is 4.39 Å². The first-order valence-corrected chi connectivity index (χ1v) is 6.23. The first-order chi connectivity index (χ1) is 8.15. The second-order valence-electron chi connectivity index (χ2n) is 5.20. The summed E-state index contributed by atoms with van der Waals surface area (Å²) in [6, 6.07) is 6.62. The van der Waals surface area contributed by atoms with Crippen LogP contribution in [0, 0.1) is 11.2 Å². The van der Waals surface area contributed by atoms with Crippen LogP contribution in [0.25, 0.3) is 0 Å². The van der Waals surface area contributed by atoms with Gasteiger partial charge < -0.3 is 10.0 Å². The van der Waals surface area contributed by atoms with Gasteiger partial charge in [0.1, 0.15) is 5.82 Å². The molecule has 0 atom stereocenters. The van der Waals surface area contributed by atoms with Crippen molar-refractivity contribution in [2.45, 2.75) is 25.7 Å². The summed E-state index contributed by atoms with van der Waals surface area (Å²) in [5, 5.41) is 9.57. The van der Waals surface area contributed by atoms with Gasteiger partial charge in [-0.1, -0.05) is 18.9 Å². The number of aliphatic hydroxyl groups is 1. The van der Waals surface area contributed by atoms with E-state index in [1.807, 2.05) is 18.0 Å². The van der Waals surface area contributed by atoms with E-state index in [0.29, 0.717) is 0 Å². The molecule has 3 heteroatoms. The summed E-state index contributed by atoms with van der Waals surface area (Å²) in [6.07, 6.45) is 4.53. The molecular formula is C14H20FNO. The lowest BCUT2D eigenvalue weighted by molar-refractivity contribution is 0.137. The van der Waals surface area contributed by atoms with Crippen molar-refractivity contribution in [3.8, 4) is 0 Å². The zero-order valence-electron chi connectivity index (χ0n) is 10.3. The maximum absolute atomic E-state index is 13.1. The molecule has 1 aliphatic rings. The maximum atomic E-state index is 13.1. The fourth-order valence-corrected chi connectivity index (χ4v) is 2.80. The number of rotatable bonds is 4. The van der Waals surface area contributed by atoms with Crippen molar-refractivity contribution in [1.29, 1.82) is 0 Å². The molecule has 0 heterocycles. The fourth-order valence-electron chi connectivity index (χ4n) is 2.80. The van der Waals surface area contributed by atoms with Gasteiger partial charge in [-0.3, -0.25) is 0 Å². The average molecular weight is 237 g/mol. The molecule has 0 unspecified atom stereocenters. The highest BCUT2D eigenvalue weighted by atomic mass is 19.1. The molecule has 1 fully saturated rings. The minimum Gasteiger partial charge on any atom is -0.396 e. The summed E-state index contributed by atoms with van der Waals surface area (Å²) in [7, 11) is 1.96. The first kappa shape index (κ1) is 12.4.